The molecule has 1 aromatic heterocycles. The highest BCUT2D eigenvalue weighted by Crippen LogP contribution is 2.23. The van der Waals surface area contributed by atoms with Crippen molar-refractivity contribution in [3.63, 3.8) is 0 Å². The van der Waals surface area contributed by atoms with Crippen molar-refractivity contribution in [2.75, 3.05) is 13.2 Å². The second-order valence-corrected chi connectivity index (χ2v) is 6.01. The Labute approximate surface area is 160 Å². The summed E-state index contributed by atoms with van der Waals surface area (Å²) < 4.78 is 23.1. The molecule has 8 heteroatoms. The van der Waals surface area contributed by atoms with Crippen LogP contribution in [0.4, 0.5) is 4.39 Å². The molecule has 0 atom stereocenters. The van der Waals surface area contributed by atoms with Gasteiger partial charge in [0.1, 0.15) is 36.6 Å². The zero-order valence-corrected chi connectivity index (χ0v) is 14.8. The zero-order chi connectivity index (χ0) is 19.9. The molecule has 0 saturated heterocycles. The second kappa shape index (κ2) is 8.86. The Morgan fingerprint density at radius 3 is 2.71 bits per heavy atom. The topological polar surface area (TPSA) is 97.8 Å². The molecule has 1 amide bonds. The monoisotopic (exact) mass is 384 g/mol. The number of carbonyl (C=O) groups is 2. The third-order valence-corrected chi connectivity index (χ3v) is 3.66. The maximum atomic E-state index is 12.8. The number of hydrogen-bond acceptors (Lipinski definition) is 6. The molecule has 3 rings (SSSR count). The fourth-order valence-electron chi connectivity index (χ4n) is 2.13. The van der Waals surface area contributed by atoms with E-state index in [2.05, 4.69) is 22.1 Å². The summed E-state index contributed by atoms with van der Waals surface area (Å²) in [7, 11) is 0. The summed E-state index contributed by atoms with van der Waals surface area (Å²) in [5, 5.41) is 12.3. The normalized spacial score (nSPS) is 12.5. The van der Waals surface area contributed by atoms with Crippen LogP contribution >= 0.6 is 0 Å². The van der Waals surface area contributed by atoms with E-state index in [9.17, 15) is 19.1 Å². The highest BCUT2D eigenvalue weighted by Gasteiger charge is 2.26. The van der Waals surface area contributed by atoms with E-state index >= 15 is 0 Å². The molecule has 0 unspecified atom stereocenters. The van der Waals surface area contributed by atoms with E-state index < -0.39 is 11.9 Å². The van der Waals surface area contributed by atoms with E-state index in [1.54, 1.807) is 0 Å². The van der Waals surface area contributed by atoms with E-state index in [1.165, 1.54) is 36.5 Å². The number of nitrogens with one attached hydrogen (secondary N) is 1. The quantitative estimate of drug-likeness (QED) is 0.582. The fraction of sp³-hybridized carbons (Fsp3) is 0.250. The van der Waals surface area contributed by atoms with E-state index in [-0.39, 0.29) is 36.5 Å². The first-order valence-corrected chi connectivity index (χ1v) is 8.55. The van der Waals surface area contributed by atoms with Crippen molar-refractivity contribution < 1.29 is 28.6 Å². The van der Waals surface area contributed by atoms with Crippen molar-refractivity contribution in [1.82, 2.24) is 10.3 Å². The molecule has 7 nitrogen and oxygen atoms in total. The number of amides is 1. The lowest BCUT2D eigenvalue weighted by molar-refractivity contribution is -0.143. The van der Waals surface area contributed by atoms with Gasteiger partial charge in [-0.15, -0.1) is 0 Å². The third kappa shape index (κ3) is 5.71. The van der Waals surface area contributed by atoms with Crippen LogP contribution in [0.1, 0.15) is 28.9 Å². The van der Waals surface area contributed by atoms with Crippen molar-refractivity contribution in [2.24, 2.45) is 0 Å². The zero-order valence-electron chi connectivity index (χ0n) is 14.8. The molecule has 0 spiro atoms. The number of carbonyl (C=O) groups excluding carboxylic acids is 2. The lowest BCUT2D eigenvalue weighted by Gasteiger charge is -2.06. The largest absolute Gasteiger partial charge is 0.505 e. The molecule has 1 saturated carbocycles. The van der Waals surface area contributed by atoms with Crippen LogP contribution in [0.25, 0.3) is 0 Å². The minimum atomic E-state index is -0.690. The molecule has 1 fully saturated rings. The Morgan fingerprint density at radius 2 is 2.04 bits per heavy atom. The van der Waals surface area contributed by atoms with Crippen LogP contribution in [0.15, 0.2) is 36.5 Å². The maximum absolute atomic E-state index is 12.8. The van der Waals surface area contributed by atoms with Crippen molar-refractivity contribution in [3.05, 3.63) is 53.6 Å². The Kier molecular flexibility index (Phi) is 6.07. The molecule has 2 aromatic rings. The van der Waals surface area contributed by atoms with Gasteiger partial charge in [0.25, 0.3) is 5.91 Å². The van der Waals surface area contributed by atoms with E-state index in [0.29, 0.717) is 11.3 Å². The molecule has 1 heterocycles. The summed E-state index contributed by atoms with van der Waals surface area (Å²) in [6.07, 6.45) is 2.97. The highest BCUT2D eigenvalue weighted by molar-refractivity contribution is 5.96. The van der Waals surface area contributed by atoms with Gasteiger partial charge in [-0.2, -0.15) is 0 Å². The molecule has 2 N–H and O–H groups in total. The number of rotatable bonds is 6. The Bertz CT molecular complexity index is 930. The van der Waals surface area contributed by atoms with Crippen molar-refractivity contribution in [1.29, 1.82) is 0 Å². The first-order chi connectivity index (χ1) is 13.5. The summed E-state index contributed by atoms with van der Waals surface area (Å²) in [6, 6.07) is 6.81. The van der Waals surface area contributed by atoms with Crippen molar-refractivity contribution >= 4 is 11.9 Å². The van der Waals surface area contributed by atoms with Gasteiger partial charge in [0, 0.05) is 11.8 Å². The van der Waals surface area contributed by atoms with Crippen LogP contribution in [0.5, 0.6) is 11.5 Å². The standard InChI is InChI=1S/C20H17FN2O5/c21-14-3-5-15(6-4-14)27-9-1-2-13-10-17(24)19(22-11-13)20(26)23-12-18(25)28-16-7-8-16/h3-6,10-11,16,24H,7-9,12H2,(H,23,26). The van der Waals surface area contributed by atoms with Gasteiger partial charge in [-0.1, -0.05) is 11.8 Å². The summed E-state index contributed by atoms with van der Waals surface area (Å²) in [5.74, 6) is 4.00. The Balaban J connectivity index is 1.50. The van der Waals surface area contributed by atoms with E-state index in [0.717, 1.165) is 12.8 Å². The predicted molar refractivity (Wildman–Crippen MR) is 96.1 cm³/mol. The summed E-state index contributed by atoms with van der Waals surface area (Å²) in [6.45, 7) is -0.240. The second-order valence-electron chi connectivity index (χ2n) is 6.01. The number of ether oxygens (including phenoxy) is 2. The average Bonchev–Trinajstić information content (AvgIpc) is 3.49. The molecule has 1 aliphatic carbocycles. The Hall–Kier alpha value is -3.60. The van der Waals surface area contributed by atoms with E-state index in [4.69, 9.17) is 9.47 Å². The van der Waals surface area contributed by atoms with Crippen LogP contribution in [0.2, 0.25) is 0 Å². The molecule has 144 valence electrons. The number of pyridine rings is 1. The summed E-state index contributed by atoms with van der Waals surface area (Å²) >= 11 is 0. The predicted octanol–water partition coefficient (Wildman–Crippen LogP) is 1.79. The lowest BCUT2D eigenvalue weighted by atomic mass is 10.2. The molecule has 0 radical (unpaired) electrons. The Morgan fingerprint density at radius 1 is 1.29 bits per heavy atom. The summed E-state index contributed by atoms with van der Waals surface area (Å²) in [4.78, 5) is 27.3. The SMILES string of the molecule is O=C(CNC(=O)c1ncc(C#CCOc2ccc(F)cc2)cc1O)OC1CC1. The molecule has 28 heavy (non-hydrogen) atoms. The number of benzene rings is 1. The van der Waals surface area contributed by atoms with Crippen LogP contribution in [0, 0.1) is 17.7 Å². The molecular weight excluding hydrogens is 367 g/mol. The lowest BCUT2D eigenvalue weighted by Crippen LogP contribution is -2.31. The van der Waals surface area contributed by atoms with Gasteiger partial charge in [-0.25, -0.2) is 9.37 Å². The van der Waals surface area contributed by atoms with Crippen LogP contribution in [0.3, 0.4) is 0 Å². The number of aromatic nitrogens is 1. The van der Waals surface area contributed by atoms with Gasteiger partial charge in [0.15, 0.2) is 5.69 Å². The van der Waals surface area contributed by atoms with Crippen molar-refractivity contribution in [2.45, 2.75) is 18.9 Å². The first-order valence-electron chi connectivity index (χ1n) is 8.55. The van der Waals surface area contributed by atoms with Gasteiger partial charge in [0.2, 0.25) is 0 Å². The number of halogens is 1. The van der Waals surface area contributed by atoms with Gasteiger partial charge >= 0.3 is 5.97 Å². The van der Waals surface area contributed by atoms with E-state index in [1.807, 2.05) is 0 Å². The van der Waals surface area contributed by atoms with Gasteiger partial charge in [0.05, 0.1) is 0 Å². The molecule has 1 aromatic carbocycles. The summed E-state index contributed by atoms with van der Waals surface area (Å²) in [5.41, 5.74) is 0.164. The fourth-order valence-corrected chi connectivity index (χ4v) is 2.13. The number of aromatic hydroxyl groups is 1. The number of nitrogens with zero attached hydrogens (tertiary/aromatic N) is 1. The van der Waals surface area contributed by atoms with Gasteiger partial charge in [-0.3, -0.25) is 9.59 Å². The first kappa shape index (κ1) is 19.2. The van der Waals surface area contributed by atoms with Crippen LogP contribution < -0.4 is 10.1 Å². The van der Waals surface area contributed by atoms with Gasteiger partial charge < -0.3 is 19.9 Å². The number of hydrogen-bond donors (Lipinski definition) is 2. The molecule has 0 aliphatic heterocycles. The highest BCUT2D eigenvalue weighted by atomic mass is 19.1. The molecule has 0 bridgehead atoms. The van der Waals surface area contributed by atoms with Gasteiger partial charge in [-0.05, 0) is 43.2 Å². The third-order valence-electron chi connectivity index (χ3n) is 3.66. The molecule has 1 aliphatic rings. The van der Waals surface area contributed by atoms with Crippen molar-refractivity contribution in [3.8, 4) is 23.3 Å². The maximum Gasteiger partial charge on any atom is 0.325 e. The van der Waals surface area contributed by atoms with Crippen LogP contribution in [-0.2, 0) is 9.53 Å². The number of esters is 1. The molecular formula is C20H17FN2O5. The van der Waals surface area contributed by atoms with Crippen LogP contribution in [-0.4, -0.2) is 41.2 Å². The smallest absolute Gasteiger partial charge is 0.325 e. The minimum absolute atomic E-state index is 0.0409. The minimum Gasteiger partial charge on any atom is -0.505 e. The average molecular weight is 384 g/mol.